The van der Waals surface area contributed by atoms with Crippen LogP contribution in [-0.4, -0.2) is 18.1 Å². The minimum atomic E-state index is 0.726. The third-order valence-electron chi connectivity index (χ3n) is 6.47. The molecular formula is C30H37N3. The Labute approximate surface area is 199 Å². The SMILES string of the molecule is C=C/C(C)=C/c1cc(CC)cc(CCCNCCCCc2c[nH]c3ccc(C#N)cc23)c1C. The topological polar surface area (TPSA) is 51.6 Å². The first-order valence-corrected chi connectivity index (χ1v) is 12.2. The number of nitriles is 1. The van der Waals surface area contributed by atoms with Crippen molar-refractivity contribution in [3.63, 3.8) is 0 Å². The molecule has 0 radical (unpaired) electrons. The second kappa shape index (κ2) is 12.2. The maximum absolute atomic E-state index is 9.14. The van der Waals surface area contributed by atoms with Gasteiger partial charge in [-0.15, -0.1) is 0 Å². The van der Waals surface area contributed by atoms with Crippen LogP contribution in [-0.2, 0) is 19.3 Å². The summed E-state index contributed by atoms with van der Waals surface area (Å²) in [5.41, 5.74) is 9.95. The number of hydrogen-bond donors (Lipinski definition) is 2. The zero-order valence-corrected chi connectivity index (χ0v) is 20.4. The Morgan fingerprint density at radius 2 is 1.88 bits per heavy atom. The molecule has 1 heterocycles. The summed E-state index contributed by atoms with van der Waals surface area (Å²) in [4.78, 5) is 3.32. The van der Waals surface area contributed by atoms with E-state index in [1.54, 1.807) is 0 Å². The van der Waals surface area contributed by atoms with Crippen LogP contribution in [0.5, 0.6) is 0 Å². The van der Waals surface area contributed by atoms with Crippen LogP contribution < -0.4 is 5.32 Å². The molecule has 0 unspecified atom stereocenters. The average molecular weight is 440 g/mol. The van der Waals surface area contributed by atoms with Crippen LogP contribution in [0.2, 0.25) is 0 Å². The highest BCUT2D eigenvalue weighted by Gasteiger charge is 2.07. The highest BCUT2D eigenvalue weighted by atomic mass is 14.8. The fourth-order valence-corrected chi connectivity index (χ4v) is 4.33. The van der Waals surface area contributed by atoms with E-state index in [9.17, 15) is 0 Å². The average Bonchev–Trinajstić information content (AvgIpc) is 3.24. The van der Waals surface area contributed by atoms with Crippen molar-refractivity contribution in [1.82, 2.24) is 10.3 Å². The fourth-order valence-electron chi connectivity index (χ4n) is 4.33. The van der Waals surface area contributed by atoms with Gasteiger partial charge < -0.3 is 10.3 Å². The zero-order valence-electron chi connectivity index (χ0n) is 20.4. The molecule has 3 rings (SSSR count). The van der Waals surface area contributed by atoms with Crippen molar-refractivity contribution in [2.24, 2.45) is 0 Å². The number of nitrogens with one attached hydrogen (secondary N) is 2. The quantitative estimate of drug-likeness (QED) is 0.235. The lowest BCUT2D eigenvalue weighted by Gasteiger charge is -2.13. The maximum atomic E-state index is 9.14. The lowest BCUT2D eigenvalue weighted by molar-refractivity contribution is 0.603. The fraction of sp³-hybridized carbons (Fsp3) is 0.367. The Balaban J connectivity index is 1.42. The number of benzene rings is 2. The number of hydrogen-bond acceptors (Lipinski definition) is 2. The molecule has 3 aromatic rings. The molecule has 0 bridgehead atoms. The number of unbranched alkanes of at least 4 members (excludes halogenated alkanes) is 1. The van der Waals surface area contributed by atoms with Crippen molar-refractivity contribution >= 4 is 17.0 Å². The van der Waals surface area contributed by atoms with Crippen LogP contribution >= 0.6 is 0 Å². The first-order chi connectivity index (χ1) is 16.0. The van der Waals surface area contributed by atoms with Crippen LogP contribution in [0.3, 0.4) is 0 Å². The first-order valence-electron chi connectivity index (χ1n) is 12.2. The van der Waals surface area contributed by atoms with Crippen molar-refractivity contribution in [1.29, 1.82) is 5.26 Å². The van der Waals surface area contributed by atoms with E-state index in [2.05, 4.69) is 68.1 Å². The summed E-state index contributed by atoms with van der Waals surface area (Å²) in [6.45, 7) is 12.6. The van der Waals surface area contributed by atoms with Gasteiger partial charge in [0, 0.05) is 17.1 Å². The van der Waals surface area contributed by atoms with Gasteiger partial charge in [0.2, 0.25) is 0 Å². The van der Waals surface area contributed by atoms with Gasteiger partial charge in [0.25, 0.3) is 0 Å². The number of aryl methyl sites for hydroxylation is 3. The predicted octanol–water partition coefficient (Wildman–Crippen LogP) is 7.04. The van der Waals surface area contributed by atoms with Gasteiger partial charge in [0.1, 0.15) is 0 Å². The van der Waals surface area contributed by atoms with Crippen LogP contribution in [0.25, 0.3) is 17.0 Å². The monoisotopic (exact) mass is 439 g/mol. The third-order valence-corrected chi connectivity index (χ3v) is 6.47. The Kier molecular flexibility index (Phi) is 9.10. The molecule has 0 aliphatic carbocycles. The first kappa shape index (κ1) is 24.6. The molecule has 0 amide bonds. The van der Waals surface area contributed by atoms with Gasteiger partial charge in [-0.05, 0) is 111 Å². The molecular weight excluding hydrogens is 402 g/mol. The van der Waals surface area contributed by atoms with E-state index in [-0.39, 0.29) is 0 Å². The molecule has 3 nitrogen and oxygen atoms in total. The number of aromatic amines is 1. The third kappa shape index (κ3) is 6.70. The Bertz CT molecular complexity index is 1160. The highest BCUT2D eigenvalue weighted by molar-refractivity contribution is 5.84. The molecule has 0 saturated carbocycles. The van der Waals surface area contributed by atoms with E-state index in [0.717, 1.165) is 62.7 Å². The van der Waals surface area contributed by atoms with Crippen LogP contribution in [0.1, 0.15) is 66.5 Å². The zero-order chi connectivity index (χ0) is 23.6. The van der Waals surface area contributed by atoms with Gasteiger partial charge in [-0.2, -0.15) is 5.26 Å². The molecule has 33 heavy (non-hydrogen) atoms. The van der Waals surface area contributed by atoms with Crippen LogP contribution in [0, 0.1) is 18.3 Å². The van der Waals surface area contributed by atoms with Gasteiger partial charge in [-0.25, -0.2) is 0 Å². The second-order valence-corrected chi connectivity index (χ2v) is 8.91. The second-order valence-electron chi connectivity index (χ2n) is 8.91. The standard InChI is InChI=1S/C30H37N3/c1-5-22(3)16-28-18-24(6-2)17-26(23(28)4)11-9-15-32-14-8-7-10-27-21-33-30-13-12-25(20-31)19-29(27)30/h5,12-13,16-19,21,32-33H,1,6-11,14-15H2,2-4H3/b22-16+. The van der Waals surface area contributed by atoms with Crippen LogP contribution in [0.4, 0.5) is 0 Å². The molecule has 1 aromatic heterocycles. The van der Waals surface area contributed by atoms with Crippen molar-refractivity contribution in [3.8, 4) is 6.07 Å². The number of rotatable bonds is 12. The smallest absolute Gasteiger partial charge is 0.0991 e. The largest absolute Gasteiger partial charge is 0.361 e. The summed E-state index contributed by atoms with van der Waals surface area (Å²) < 4.78 is 0. The number of aromatic nitrogens is 1. The number of allylic oxidation sites excluding steroid dienone is 2. The summed E-state index contributed by atoms with van der Waals surface area (Å²) in [5, 5.41) is 13.9. The lowest BCUT2D eigenvalue weighted by atomic mass is 9.93. The minimum Gasteiger partial charge on any atom is -0.361 e. The molecule has 0 spiro atoms. The molecule has 3 heteroatoms. The Morgan fingerprint density at radius 3 is 2.64 bits per heavy atom. The molecule has 0 aliphatic heterocycles. The molecule has 2 N–H and O–H groups in total. The van der Waals surface area contributed by atoms with Crippen molar-refractivity contribution in [2.45, 2.75) is 59.3 Å². The van der Waals surface area contributed by atoms with Gasteiger partial charge in [0.15, 0.2) is 0 Å². The summed E-state index contributed by atoms with van der Waals surface area (Å²) in [7, 11) is 0. The van der Waals surface area contributed by atoms with Crippen molar-refractivity contribution in [3.05, 3.63) is 88.1 Å². The van der Waals surface area contributed by atoms with E-state index in [1.807, 2.05) is 24.3 Å². The number of nitrogens with zero attached hydrogens (tertiary/aromatic N) is 1. The van der Waals surface area contributed by atoms with Crippen molar-refractivity contribution in [2.75, 3.05) is 13.1 Å². The van der Waals surface area contributed by atoms with Gasteiger partial charge in [0.05, 0.1) is 11.6 Å². The molecule has 0 aliphatic rings. The number of H-pyrrole nitrogens is 1. The maximum Gasteiger partial charge on any atom is 0.0991 e. The molecule has 0 saturated heterocycles. The van der Waals surface area contributed by atoms with Gasteiger partial charge >= 0.3 is 0 Å². The summed E-state index contributed by atoms with van der Waals surface area (Å²) in [6.07, 6.45) is 12.9. The van der Waals surface area contributed by atoms with E-state index in [0.29, 0.717) is 0 Å². The van der Waals surface area contributed by atoms with Crippen LogP contribution in [0.15, 0.2) is 54.8 Å². The van der Waals surface area contributed by atoms with E-state index in [1.165, 1.54) is 38.8 Å². The van der Waals surface area contributed by atoms with Crippen molar-refractivity contribution < 1.29 is 0 Å². The van der Waals surface area contributed by atoms with E-state index < -0.39 is 0 Å². The highest BCUT2D eigenvalue weighted by Crippen LogP contribution is 2.23. The number of fused-ring (bicyclic) bond motifs is 1. The lowest BCUT2D eigenvalue weighted by Crippen LogP contribution is -2.17. The van der Waals surface area contributed by atoms with E-state index in [4.69, 9.17) is 5.26 Å². The molecule has 2 aromatic carbocycles. The van der Waals surface area contributed by atoms with Gasteiger partial charge in [-0.1, -0.05) is 43.4 Å². The molecule has 172 valence electrons. The normalized spacial score (nSPS) is 11.6. The van der Waals surface area contributed by atoms with Gasteiger partial charge in [-0.3, -0.25) is 0 Å². The predicted molar refractivity (Wildman–Crippen MR) is 142 cm³/mol. The Hall–Kier alpha value is -3.09. The molecule has 0 fully saturated rings. The minimum absolute atomic E-state index is 0.726. The molecule has 0 atom stereocenters. The summed E-state index contributed by atoms with van der Waals surface area (Å²) >= 11 is 0. The van der Waals surface area contributed by atoms with E-state index >= 15 is 0 Å². The summed E-state index contributed by atoms with van der Waals surface area (Å²) in [6, 6.07) is 12.8. The Morgan fingerprint density at radius 1 is 1.09 bits per heavy atom. The summed E-state index contributed by atoms with van der Waals surface area (Å²) in [5.74, 6) is 0.